The van der Waals surface area contributed by atoms with Crippen LogP contribution in [0.3, 0.4) is 0 Å². The Labute approximate surface area is 138 Å². The Balaban J connectivity index is 2.03. The first-order chi connectivity index (χ1) is 11.5. The maximum Gasteiger partial charge on any atom is 0.271 e. The third-order valence-electron chi connectivity index (χ3n) is 3.17. The Kier molecular flexibility index (Phi) is 5.51. The normalized spacial score (nSPS) is 10.4. The van der Waals surface area contributed by atoms with Crippen molar-refractivity contribution in [2.45, 2.75) is 0 Å². The highest BCUT2D eigenvalue weighted by atomic mass is 16.5. The molecular weight excluding hydrogens is 312 g/mol. The van der Waals surface area contributed by atoms with E-state index in [1.54, 1.807) is 30.3 Å². The Morgan fingerprint density at radius 1 is 1.00 bits per heavy atom. The summed E-state index contributed by atoms with van der Waals surface area (Å²) in [7, 11) is 2.99. The van der Waals surface area contributed by atoms with Gasteiger partial charge in [0.1, 0.15) is 0 Å². The molecule has 1 N–H and O–H groups in total. The van der Waals surface area contributed by atoms with Crippen LogP contribution in [0.2, 0.25) is 0 Å². The fourth-order valence-corrected chi connectivity index (χ4v) is 1.91. The molecule has 0 fully saturated rings. The molecule has 0 aliphatic heterocycles. The molecule has 0 aliphatic rings. The Morgan fingerprint density at radius 2 is 1.62 bits per heavy atom. The van der Waals surface area contributed by atoms with Crippen molar-refractivity contribution in [3.05, 3.63) is 59.2 Å². The quantitative estimate of drug-likeness (QED) is 0.626. The van der Waals surface area contributed by atoms with Gasteiger partial charge in [-0.25, -0.2) is 5.43 Å². The van der Waals surface area contributed by atoms with Crippen molar-refractivity contribution in [1.82, 2.24) is 5.43 Å². The Hall–Kier alpha value is -3.35. The van der Waals surface area contributed by atoms with Gasteiger partial charge in [-0.3, -0.25) is 4.79 Å². The highest BCUT2D eigenvalue weighted by molar-refractivity contribution is 5.95. The number of hydrogen-bond acceptors (Lipinski definition) is 6. The van der Waals surface area contributed by atoms with Gasteiger partial charge in [0.25, 0.3) is 5.91 Å². The second-order valence-corrected chi connectivity index (χ2v) is 4.68. The molecule has 124 valence electrons. The molecule has 0 unspecified atom stereocenters. The van der Waals surface area contributed by atoms with Crippen molar-refractivity contribution in [2.24, 2.45) is 5.10 Å². The molecule has 0 atom stereocenters. The zero-order valence-corrected chi connectivity index (χ0v) is 13.1. The maximum absolute atomic E-state index is 12.0. The van der Waals surface area contributed by atoms with E-state index >= 15 is 0 Å². The highest BCUT2D eigenvalue weighted by Crippen LogP contribution is 2.27. The number of carboxylic acid groups (broad SMARTS) is 1. The number of nitrogens with one attached hydrogen (secondary N) is 1. The first-order valence-corrected chi connectivity index (χ1v) is 6.92. The highest BCUT2D eigenvalue weighted by Gasteiger charge is 2.09. The van der Waals surface area contributed by atoms with Crippen LogP contribution in [0.15, 0.2) is 47.6 Å². The number of hydrazone groups is 1. The number of benzene rings is 2. The summed E-state index contributed by atoms with van der Waals surface area (Å²) in [4.78, 5) is 22.7. The average molecular weight is 327 g/mol. The first-order valence-electron chi connectivity index (χ1n) is 6.92. The number of methoxy groups -OCH3 is 2. The Morgan fingerprint density at radius 3 is 2.21 bits per heavy atom. The Bertz CT molecular complexity index is 769. The zero-order chi connectivity index (χ0) is 17.5. The SMILES string of the molecule is COc1ccc(C(=O)N/N=C\c2ccc(C(=O)[O-])cc2)cc1OC. The van der Waals surface area contributed by atoms with Crippen LogP contribution in [-0.4, -0.2) is 32.3 Å². The molecule has 0 aromatic heterocycles. The van der Waals surface area contributed by atoms with Gasteiger partial charge < -0.3 is 19.4 Å². The van der Waals surface area contributed by atoms with E-state index in [0.29, 0.717) is 22.6 Å². The van der Waals surface area contributed by atoms with E-state index in [-0.39, 0.29) is 5.56 Å². The summed E-state index contributed by atoms with van der Waals surface area (Å²) >= 11 is 0. The molecule has 24 heavy (non-hydrogen) atoms. The van der Waals surface area contributed by atoms with E-state index in [1.165, 1.54) is 32.6 Å². The smallest absolute Gasteiger partial charge is 0.271 e. The lowest BCUT2D eigenvalue weighted by molar-refractivity contribution is -0.255. The molecule has 0 bridgehead atoms. The fraction of sp³-hybridized carbons (Fsp3) is 0.118. The van der Waals surface area contributed by atoms with E-state index in [9.17, 15) is 14.7 Å². The van der Waals surface area contributed by atoms with Crippen LogP contribution < -0.4 is 20.0 Å². The number of ether oxygens (including phenoxy) is 2. The summed E-state index contributed by atoms with van der Waals surface area (Å²) in [5, 5.41) is 14.5. The number of nitrogens with zero attached hydrogens (tertiary/aromatic N) is 1. The molecule has 0 spiro atoms. The largest absolute Gasteiger partial charge is 0.545 e. The lowest BCUT2D eigenvalue weighted by Gasteiger charge is -2.08. The van der Waals surface area contributed by atoms with Crippen LogP contribution in [0, 0.1) is 0 Å². The van der Waals surface area contributed by atoms with E-state index in [0.717, 1.165) is 0 Å². The third kappa shape index (κ3) is 4.10. The van der Waals surface area contributed by atoms with Crippen molar-refractivity contribution in [3.63, 3.8) is 0 Å². The summed E-state index contributed by atoms with van der Waals surface area (Å²) < 4.78 is 10.2. The molecule has 0 saturated carbocycles. The molecule has 0 aliphatic carbocycles. The lowest BCUT2D eigenvalue weighted by atomic mass is 10.1. The van der Waals surface area contributed by atoms with Gasteiger partial charge in [-0.2, -0.15) is 5.10 Å². The van der Waals surface area contributed by atoms with Gasteiger partial charge in [0.2, 0.25) is 0 Å². The van der Waals surface area contributed by atoms with Gasteiger partial charge >= 0.3 is 0 Å². The van der Waals surface area contributed by atoms with E-state index in [1.807, 2.05) is 0 Å². The molecule has 0 saturated heterocycles. The van der Waals surface area contributed by atoms with Crippen LogP contribution in [0.4, 0.5) is 0 Å². The molecule has 2 aromatic carbocycles. The van der Waals surface area contributed by atoms with Crippen LogP contribution in [-0.2, 0) is 0 Å². The molecule has 2 rings (SSSR count). The molecular formula is C17H15N2O5-. The summed E-state index contributed by atoms with van der Waals surface area (Å²) in [6.07, 6.45) is 1.40. The van der Waals surface area contributed by atoms with E-state index in [4.69, 9.17) is 9.47 Å². The van der Waals surface area contributed by atoms with Crippen molar-refractivity contribution >= 4 is 18.1 Å². The first kappa shape index (κ1) is 17.0. The predicted octanol–water partition coefficient (Wildman–Crippen LogP) is 0.831. The van der Waals surface area contributed by atoms with Gasteiger partial charge in [-0.05, 0) is 29.3 Å². The minimum atomic E-state index is -1.25. The summed E-state index contributed by atoms with van der Waals surface area (Å²) in [5.41, 5.74) is 3.44. The second kappa shape index (κ2) is 7.77. The number of carboxylic acids is 1. The predicted molar refractivity (Wildman–Crippen MR) is 85.4 cm³/mol. The number of amides is 1. The molecule has 2 aromatic rings. The molecule has 7 nitrogen and oxygen atoms in total. The van der Waals surface area contributed by atoms with Crippen molar-refractivity contribution < 1.29 is 24.2 Å². The molecule has 0 heterocycles. The standard InChI is InChI=1S/C17H16N2O5/c1-23-14-8-7-13(9-15(14)24-2)16(20)19-18-10-11-3-5-12(6-4-11)17(21)22/h3-10H,1-2H3,(H,19,20)(H,21,22)/p-1/b18-10-. The van der Waals surface area contributed by atoms with Gasteiger partial charge in [0.05, 0.1) is 26.4 Å². The topological polar surface area (TPSA) is 100 Å². The van der Waals surface area contributed by atoms with Gasteiger partial charge in [0, 0.05) is 5.56 Å². The summed E-state index contributed by atoms with van der Waals surface area (Å²) in [6.45, 7) is 0. The number of aromatic carboxylic acids is 1. The number of carbonyl (C=O) groups excluding carboxylic acids is 2. The maximum atomic E-state index is 12.0. The number of carbonyl (C=O) groups is 2. The minimum Gasteiger partial charge on any atom is -0.545 e. The summed E-state index contributed by atoms with van der Waals surface area (Å²) in [6, 6.07) is 10.6. The zero-order valence-electron chi connectivity index (χ0n) is 13.1. The molecule has 1 amide bonds. The van der Waals surface area contributed by atoms with Crippen LogP contribution >= 0.6 is 0 Å². The number of hydrogen-bond donors (Lipinski definition) is 1. The van der Waals surface area contributed by atoms with Crippen LogP contribution in [0.1, 0.15) is 26.3 Å². The third-order valence-corrected chi connectivity index (χ3v) is 3.17. The van der Waals surface area contributed by atoms with E-state index < -0.39 is 11.9 Å². The van der Waals surface area contributed by atoms with Crippen molar-refractivity contribution in [2.75, 3.05) is 14.2 Å². The monoisotopic (exact) mass is 327 g/mol. The van der Waals surface area contributed by atoms with E-state index in [2.05, 4.69) is 10.5 Å². The second-order valence-electron chi connectivity index (χ2n) is 4.68. The van der Waals surface area contributed by atoms with Gasteiger partial charge in [-0.15, -0.1) is 0 Å². The van der Waals surface area contributed by atoms with Gasteiger partial charge in [-0.1, -0.05) is 24.3 Å². The number of rotatable bonds is 6. The average Bonchev–Trinajstić information content (AvgIpc) is 2.61. The van der Waals surface area contributed by atoms with Crippen molar-refractivity contribution in [1.29, 1.82) is 0 Å². The minimum absolute atomic E-state index is 0.0708. The van der Waals surface area contributed by atoms with Crippen LogP contribution in [0.25, 0.3) is 0 Å². The molecule has 0 radical (unpaired) electrons. The lowest BCUT2D eigenvalue weighted by Crippen LogP contribution is -2.22. The fourth-order valence-electron chi connectivity index (χ4n) is 1.91. The van der Waals surface area contributed by atoms with Crippen molar-refractivity contribution in [3.8, 4) is 11.5 Å². The van der Waals surface area contributed by atoms with Gasteiger partial charge in [0.15, 0.2) is 11.5 Å². The molecule has 7 heteroatoms. The summed E-state index contributed by atoms with van der Waals surface area (Å²) in [5.74, 6) is -0.712. The van der Waals surface area contributed by atoms with Crippen LogP contribution in [0.5, 0.6) is 11.5 Å².